The highest BCUT2D eigenvalue weighted by Crippen LogP contribution is 2.45. The van der Waals surface area contributed by atoms with Crippen molar-refractivity contribution in [1.29, 1.82) is 0 Å². The van der Waals surface area contributed by atoms with E-state index >= 15 is 0 Å². The fourth-order valence-corrected chi connectivity index (χ4v) is 4.03. The molecule has 0 atom stereocenters. The molecule has 0 saturated carbocycles. The summed E-state index contributed by atoms with van der Waals surface area (Å²) in [5.74, 6) is 0.185. The van der Waals surface area contributed by atoms with Gasteiger partial charge >= 0.3 is 0 Å². The van der Waals surface area contributed by atoms with E-state index in [0.29, 0.717) is 39.0 Å². The fraction of sp³-hybridized carbons (Fsp3) is 0.385. The molecule has 1 N–H and O–H groups in total. The third-order valence-electron chi connectivity index (χ3n) is 5.62. The zero-order chi connectivity index (χ0) is 22.2. The minimum atomic E-state index is 0.0478. The third-order valence-corrected chi connectivity index (χ3v) is 5.62. The number of carbonyl (C=O) groups is 2. The minimum absolute atomic E-state index is 0.0478. The minimum Gasteiger partial charge on any atom is -0.385 e. The molecule has 0 aliphatic heterocycles. The average molecular weight is 422 g/mol. The van der Waals surface area contributed by atoms with Crippen LogP contribution < -0.4 is 5.32 Å². The van der Waals surface area contributed by atoms with E-state index in [-0.39, 0.29) is 11.7 Å². The Labute approximate surface area is 184 Å². The highest BCUT2D eigenvalue weighted by Gasteiger charge is 2.26. The van der Waals surface area contributed by atoms with Crippen LogP contribution in [0.5, 0.6) is 0 Å². The second kappa shape index (κ2) is 11.0. The summed E-state index contributed by atoms with van der Waals surface area (Å²) < 4.78 is 10.0. The van der Waals surface area contributed by atoms with Gasteiger partial charge in [0.1, 0.15) is 0 Å². The molecule has 1 amide bonds. The van der Waals surface area contributed by atoms with E-state index in [0.717, 1.165) is 46.2 Å². The van der Waals surface area contributed by atoms with Gasteiger partial charge in [0.2, 0.25) is 5.91 Å². The topological polar surface area (TPSA) is 64.6 Å². The number of aryl methyl sites for hydroxylation is 1. The van der Waals surface area contributed by atoms with E-state index in [1.54, 1.807) is 14.2 Å². The number of fused-ring (bicyclic) bond motifs is 3. The van der Waals surface area contributed by atoms with Gasteiger partial charge in [0.05, 0.1) is 6.61 Å². The number of carbonyl (C=O) groups excluding carboxylic acids is 2. The van der Waals surface area contributed by atoms with Crippen LogP contribution in [0.15, 0.2) is 43.0 Å². The Balaban J connectivity index is 1.71. The summed E-state index contributed by atoms with van der Waals surface area (Å²) in [4.78, 5) is 24.7. The SMILES string of the molecule is C=C1c2cc(CCCC(=O)NCCOC)ccc2-c2c1cccc2C(=O)CCCOC. The monoisotopic (exact) mass is 421 g/mol. The molecule has 5 nitrogen and oxygen atoms in total. The Kier molecular flexibility index (Phi) is 8.15. The van der Waals surface area contributed by atoms with E-state index < -0.39 is 0 Å². The van der Waals surface area contributed by atoms with Gasteiger partial charge in [-0.15, -0.1) is 0 Å². The summed E-state index contributed by atoms with van der Waals surface area (Å²) in [6.45, 7) is 5.94. The molecule has 2 aromatic carbocycles. The molecule has 2 aromatic rings. The van der Waals surface area contributed by atoms with Crippen LogP contribution in [0.3, 0.4) is 0 Å². The molecule has 0 bridgehead atoms. The number of hydrogen-bond donors (Lipinski definition) is 1. The Hall–Kier alpha value is -2.76. The van der Waals surface area contributed by atoms with E-state index in [2.05, 4.69) is 30.1 Å². The van der Waals surface area contributed by atoms with Gasteiger partial charge < -0.3 is 14.8 Å². The van der Waals surface area contributed by atoms with E-state index in [1.807, 2.05) is 18.2 Å². The first-order valence-corrected chi connectivity index (χ1v) is 10.8. The molecule has 0 fully saturated rings. The zero-order valence-corrected chi connectivity index (χ0v) is 18.5. The Morgan fingerprint density at radius 3 is 2.52 bits per heavy atom. The van der Waals surface area contributed by atoms with Crippen molar-refractivity contribution in [2.24, 2.45) is 0 Å². The second-order valence-electron chi connectivity index (χ2n) is 7.80. The molecule has 1 aliphatic rings. The lowest BCUT2D eigenvalue weighted by molar-refractivity contribution is -0.121. The van der Waals surface area contributed by atoms with Crippen molar-refractivity contribution in [2.75, 3.05) is 34.0 Å². The number of amides is 1. The number of ether oxygens (including phenoxy) is 2. The first-order chi connectivity index (χ1) is 15.1. The number of ketones is 1. The van der Waals surface area contributed by atoms with Crippen LogP contribution in [0.1, 0.15) is 52.7 Å². The van der Waals surface area contributed by atoms with Crippen LogP contribution in [-0.2, 0) is 20.7 Å². The van der Waals surface area contributed by atoms with Gasteiger partial charge in [-0.05, 0) is 47.1 Å². The third kappa shape index (κ3) is 5.49. The molecule has 1 aliphatic carbocycles. The summed E-state index contributed by atoms with van der Waals surface area (Å²) in [5.41, 5.74) is 7.05. The Morgan fingerprint density at radius 2 is 1.74 bits per heavy atom. The van der Waals surface area contributed by atoms with E-state index in [9.17, 15) is 9.59 Å². The molecular formula is C26H31NO4. The van der Waals surface area contributed by atoms with Crippen molar-refractivity contribution in [3.8, 4) is 11.1 Å². The van der Waals surface area contributed by atoms with Gasteiger partial charge in [-0.1, -0.05) is 43.0 Å². The number of Topliss-reactive ketones (excluding diaryl/α,β-unsaturated/α-hetero) is 1. The van der Waals surface area contributed by atoms with E-state index in [4.69, 9.17) is 9.47 Å². The number of nitrogens with one attached hydrogen (secondary N) is 1. The van der Waals surface area contributed by atoms with Gasteiger partial charge in [-0.25, -0.2) is 0 Å². The maximum Gasteiger partial charge on any atom is 0.220 e. The van der Waals surface area contributed by atoms with Crippen molar-refractivity contribution < 1.29 is 19.1 Å². The summed E-state index contributed by atoms with van der Waals surface area (Å²) in [6.07, 6.45) is 3.27. The molecule has 0 unspecified atom stereocenters. The van der Waals surface area contributed by atoms with Crippen molar-refractivity contribution >= 4 is 17.3 Å². The Morgan fingerprint density at radius 1 is 0.935 bits per heavy atom. The quantitative estimate of drug-likeness (QED) is 0.347. The lowest BCUT2D eigenvalue weighted by Crippen LogP contribution is -2.26. The largest absolute Gasteiger partial charge is 0.385 e. The molecule has 0 radical (unpaired) electrons. The smallest absolute Gasteiger partial charge is 0.220 e. The number of methoxy groups -OCH3 is 2. The molecule has 3 rings (SSSR count). The maximum atomic E-state index is 12.8. The predicted molar refractivity (Wildman–Crippen MR) is 123 cm³/mol. The summed E-state index contributed by atoms with van der Waals surface area (Å²) in [7, 11) is 3.27. The standard InChI is InChI=1S/C26H31NO4/c1-18-20-8-5-9-22(24(28)10-6-15-30-2)26(20)21-13-12-19(17-23(18)21)7-4-11-25(29)27-14-16-31-3/h5,8-9,12-13,17H,1,4,6-7,10-11,14-16H2,2-3H3,(H,27,29). The number of hydrogen-bond acceptors (Lipinski definition) is 4. The van der Waals surface area contributed by atoms with Crippen molar-refractivity contribution in [3.05, 3.63) is 65.2 Å². The number of benzene rings is 2. The molecule has 31 heavy (non-hydrogen) atoms. The van der Waals surface area contributed by atoms with Crippen molar-refractivity contribution in [1.82, 2.24) is 5.32 Å². The molecule has 0 spiro atoms. The lowest BCUT2D eigenvalue weighted by Gasteiger charge is -2.09. The van der Waals surface area contributed by atoms with Crippen LogP contribution in [0, 0.1) is 0 Å². The molecular weight excluding hydrogens is 390 g/mol. The first kappa shape index (κ1) is 22.9. The van der Waals surface area contributed by atoms with Crippen molar-refractivity contribution in [2.45, 2.75) is 32.1 Å². The van der Waals surface area contributed by atoms with Gasteiger partial charge in [0.25, 0.3) is 0 Å². The highest BCUT2D eigenvalue weighted by atomic mass is 16.5. The molecule has 0 aromatic heterocycles. The van der Waals surface area contributed by atoms with Crippen LogP contribution in [0.2, 0.25) is 0 Å². The average Bonchev–Trinajstić information content (AvgIpc) is 3.06. The summed E-state index contributed by atoms with van der Waals surface area (Å²) in [6, 6.07) is 12.2. The molecule has 0 saturated heterocycles. The molecule has 5 heteroatoms. The zero-order valence-electron chi connectivity index (χ0n) is 18.5. The van der Waals surface area contributed by atoms with E-state index in [1.165, 1.54) is 5.56 Å². The summed E-state index contributed by atoms with van der Waals surface area (Å²) in [5, 5.41) is 2.85. The molecule has 0 heterocycles. The van der Waals surface area contributed by atoms with Crippen molar-refractivity contribution in [3.63, 3.8) is 0 Å². The maximum absolute atomic E-state index is 12.8. The van der Waals surface area contributed by atoms with Gasteiger partial charge in [-0.2, -0.15) is 0 Å². The van der Waals surface area contributed by atoms with Crippen LogP contribution in [0.4, 0.5) is 0 Å². The van der Waals surface area contributed by atoms with Crippen LogP contribution in [0.25, 0.3) is 16.7 Å². The normalized spacial score (nSPS) is 11.9. The second-order valence-corrected chi connectivity index (χ2v) is 7.80. The Bertz CT molecular complexity index is 964. The predicted octanol–water partition coefficient (Wildman–Crippen LogP) is 4.42. The van der Waals surface area contributed by atoms with Gasteiger partial charge in [0.15, 0.2) is 5.78 Å². The van der Waals surface area contributed by atoms with Crippen LogP contribution in [-0.4, -0.2) is 45.7 Å². The summed E-state index contributed by atoms with van der Waals surface area (Å²) >= 11 is 0. The lowest BCUT2D eigenvalue weighted by atomic mass is 9.94. The number of rotatable bonds is 12. The highest BCUT2D eigenvalue weighted by molar-refractivity contribution is 6.10. The molecule has 164 valence electrons. The van der Waals surface area contributed by atoms with Gasteiger partial charge in [-0.3, -0.25) is 9.59 Å². The van der Waals surface area contributed by atoms with Crippen LogP contribution >= 0.6 is 0 Å². The van der Waals surface area contributed by atoms with Gasteiger partial charge in [0, 0.05) is 51.3 Å². The fourth-order valence-electron chi connectivity index (χ4n) is 4.03. The first-order valence-electron chi connectivity index (χ1n) is 10.8.